The molecule has 0 amide bonds. The summed E-state index contributed by atoms with van der Waals surface area (Å²) in [6.07, 6.45) is 3.30. The third-order valence-corrected chi connectivity index (χ3v) is 3.36. The van der Waals surface area contributed by atoms with Gasteiger partial charge in [-0.05, 0) is 38.7 Å². The maximum atomic E-state index is 11.5. The Bertz CT molecular complexity index is 424. The van der Waals surface area contributed by atoms with E-state index in [0.717, 1.165) is 31.5 Å². The van der Waals surface area contributed by atoms with E-state index in [-0.39, 0.29) is 5.97 Å². The van der Waals surface area contributed by atoms with Crippen molar-refractivity contribution in [3.05, 3.63) is 17.5 Å². The third-order valence-electron chi connectivity index (χ3n) is 3.36. The van der Waals surface area contributed by atoms with Gasteiger partial charge in [0.05, 0.1) is 12.8 Å². The molecule has 5 nitrogen and oxygen atoms in total. The fraction of sp³-hybridized carbons (Fsp3) is 0.714. The average molecular weight is 267 g/mol. The van der Waals surface area contributed by atoms with E-state index in [2.05, 4.69) is 25.0 Å². The molecule has 19 heavy (non-hydrogen) atoms. The van der Waals surface area contributed by atoms with Crippen molar-refractivity contribution in [2.75, 3.05) is 7.11 Å². The highest BCUT2D eigenvalue weighted by Gasteiger charge is 2.28. The van der Waals surface area contributed by atoms with E-state index in [0.29, 0.717) is 6.42 Å². The van der Waals surface area contributed by atoms with Crippen LogP contribution in [0.15, 0.2) is 6.07 Å². The molecule has 1 aromatic heterocycles. The SMILES string of the molecule is CCc1cc(CC)n(CCCC(C)(N)C(=O)OC)n1. The van der Waals surface area contributed by atoms with E-state index in [4.69, 9.17) is 10.5 Å². The molecule has 0 radical (unpaired) electrons. The molecule has 0 bridgehead atoms. The lowest BCUT2D eigenvalue weighted by atomic mass is 9.97. The molecule has 1 aromatic rings. The number of carbonyl (C=O) groups is 1. The van der Waals surface area contributed by atoms with Gasteiger partial charge >= 0.3 is 5.97 Å². The summed E-state index contributed by atoms with van der Waals surface area (Å²) in [6.45, 7) is 6.71. The molecule has 2 N–H and O–H groups in total. The van der Waals surface area contributed by atoms with E-state index < -0.39 is 5.54 Å². The van der Waals surface area contributed by atoms with E-state index >= 15 is 0 Å². The van der Waals surface area contributed by atoms with Gasteiger partial charge in [-0.1, -0.05) is 13.8 Å². The summed E-state index contributed by atoms with van der Waals surface area (Å²) in [5.41, 5.74) is 7.36. The maximum absolute atomic E-state index is 11.5. The van der Waals surface area contributed by atoms with Gasteiger partial charge in [0.1, 0.15) is 5.54 Å². The molecule has 0 aliphatic rings. The number of esters is 1. The van der Waals surface area contributed by atoms with Gasteiger partial charge in [0.15, 0.2) is 0 Å². The summed E-state index contributed by atoms with van der Waals surface area (Å²) >= 11 is 0. The van der Waals surface area contributed by atoms with Crippen molar-refractivity contribution in [3.8, 4) is 0 Å². The van der Waals surface area contributed by atoms with Crippen LogP contribution in [0.4, 0.5) is 0 Å². The minimum atomic E-state index is -0.915. The molecular weight excluding hydrogens is 242 g/mol. The summed E-state index contributed by atoms with van der Waals surface area (Å²) in [5.74, 6) is -0.363. The third kappa shape index (κ3) is 4.06. The summed E-state index contributed by atoms with van der Waals surface area (Å²) in [7, 11) is 1.36. The Kier molecular flexibility index (Phi) is 5.54. The van der Waals surface area contributed by atoms with Crippen LogP contribution >= 0.6 is 0 Å². The number of hydrogen-bond acceptors (Lipinski definition) is 4. The second kappa shape index (κ2) is 6.70. The van der Waals surface area contributed by atoms with Gasteiger partial charge in [0.2, 0.25) is 0 Å². The van der Waals surface area contributed by atoms with Crippen molar-refractivity contribution < 1.29 is 9.53 Å². The van der Waals surface area contributed by atoms with Crippen LogP contribution in [-0.2, 0) is 28.9 Å². The van der Waals surface area contributed by atoms with Gasteiger partial charge in [-0.25, -0.2) is 0 Å². The molecule has 0 aliphatic heterocycles. The summed E-state index contributed by atoms with van der Waals surface area (Å²) < 4.78 is 6.72. The summed E-state index contributed by atoms with van der Waals surface area (Å²) in [6, 6.07) is 2.14. The Labute approximate surface area is 115 Å². The van der Waals surface area contributed by atoms with Crippen LogP contribution in [0.5, 0.6) is 0 Å². The van der Waals surface area contributed by atoms with Crippen molar-refractivity contribution in [1.82, 2.24) is 9.78 Å². The molecule has 0 aliphatic carbocycles. The molecule has 0 fully saturated rings. The zero-order valence-electron chi connectivity index (χ0n) is 12.4. The van der Waals surface area contributed by atoms with Crippen molar-refractivity contribution in [3.63, 3.8) is 0 Å². The van der Waals surface area contributed by atoms with Crippen LogP contribution in [-0.4, -0.2) is 28.4 Å². The molecule has 1 rings (SSSR count). The lowest BCUT2D eigenvalue weighted by molar-refractivity contribution is -0.146. The number of aromatic nitrogens is 2. The maximum Gasteiger partial charge on any atom is 0.325 e. The largest absolute Gasteiger partial charge is 0.468 e. The van der Waals surface area contributed by atoms with Gasteiger partial charge in [0.25, 0.3) is 0 Å². The van der Waals surface area contributed by atoms with Crippen LogP contribution in [0, 0.1) is 0 Å². The number of carbonyl (C=O) groups excluding carboxylic acids is 1. The first kappa shape index (κ1) is 15.7. The van der Waals surface area contributed by atoms with Gasteiger partial charge in [-0.15, -0.1) is 0 Å². The van der Waals surface area contributed by atoms with Crippen LogP contribution in [0.1, 0.15) is 45.0 Å². The first-order valence-electron chi connectivity index (χ1n) is 6.87. The molecule has 108 valence electrons. The Balaban J connectivity index is 2.57. The minimum Gasteiger partial charge on any atom is -0.468 e. The Hall–Kier alpha value is -1.36. The van der Waals surface area contributed by atoms with Gasteiger partial charge < -0.3 is 10.5 Å². The number of methoxy groups -OCH3 is 1. The molecule has 1 heterocycles. The Morgan fingerprint density at radius 1 is 1.47 bits per heavy atom. The zero-order valence-corrected chi connectivity index (χ0v) is 12.4. The van der Waals surface area contributed by atoms with Crippen molar-refractivity contribution in [1.29, 1.82) is 0 Å². The second-order valence-corrected chi connectivity index (χ2v) is 5.07. The smallest absolute Gasteiger partial charge is 0.325 e. The molecule has 0 aromatic carbocycles. The topological polar surface area (TPSA) is 70.1 Å². The van der Waals surface area contributed by atoms with E-state index in [1.54, 1.807) is 6.92 Å². The molecule has 5 heteroatoms. The number of nitrogens with two attached hydrogens (primary N) is 1. The molecule has 0 saturated heterocycles. The van der Waals surface area contributed by atoms with Crippen molar-refractivity contribution in [2.45, 2.75) is 58.5 Å². The van der Waals surface area contributed by atoms with E-state index in [1.807, 2.05) is 4.68 Å². The molecular formula is C14H25N3O2. The Morgan fingerprint density at radius 3 is 2.68 bits per heavy atom. The standard InChI is InChI=1S/C14H25N3O2/c1-5-11-10-12(6-2)17(16-11)9-7-8-14(3,15)13(18)19-4/h10H,5-9,15H2,1-4H3. The monoisotopic (exact) mass is 267 g/mol. The van der Waals surface area contributed by atoms with Crippen molar-refractivity contribution in [2.24, 2.45) is 5.73 Å². The highest BCUT2D eigenvalue weighted by Crippen LogP contribution is 2.13. The summed E-state index contributed by atoms with van der Waals surface area (Å²) in [4.78, 5) is 11.5. The fourth-order valence-corrected chi connectivity index (χ4v) is 2.10. The number of hydrogen-bond donors (Lipinski definition) is 1. The first-order valence-corrected chi connectivity index (χ1v) is 6.87. The normalized spacial score (nSPS) is 14.2. The minimum absolute atomic E-state index is 0.363. The first-order chi connectivity index (χ1) is 8.94. The highest BCUT2D eigenvalue weighted by molar-refractivity contribution is 5.79. The number of aryl methyl sites for hydroxylation is 3. The fourth-order valence-electron chi connectivity index (χ4n) is 2.10. The number of ether oxygens (including phenoxy) is 1. The van der Waals surface area contributed by atoms with Crippen LogP contribution in [0.25, 0.3) is 0 Å². The van der Waals surface area contributed by atoms with Crippen molar-refractivity contribution >= 4 is 5.97 Å². The lowest BCUT2D eigenvalue weighted by Crippen LogP contribution is -2.45. The molecule has 1 unspecified atom stereocenters. The predicted octanol–water partition coefficient (Wildman–Crippen LogP) is 1.68. The molecule has 0 spiro atoms. The van der Waals surface area contributed by atoms with Gasteiger partial charge in [-0.2, -0.15) is 5.10 Å². The van der Waals surface area contributed by atoms with Gasteiger partial charge in [0, 0.05) is 12.2 Å². The lowest BCUT2D eigenvalue weighted by Gasteiger charge is -2.21. The number of nitrogens with zero attached hydrogens (tertiary/aromatic N) is 2. The van der Waals surface area contributed by atoms with Gasteiger partial charge in [-0.3, -0.25) is 9.48 Å². The van der Waals surface area contributed by atoms with Crippen LogP contribution < -0.4 is 5.73 Å². The number of rotatable bonds is 7. The zero-order chi connectivity index (χ0) is 14.5. The average Bonchev–Trinajstić information content (AvgIpc) is 2.80. The van der Waals surface area contributed by atoms with E-state index in [1.165, 1.54) is 12.8 Å². The van der Waals surface area contributed by atoms with Crippen LogP contribution in [0.3, 0.4) is 0 Å². The highest BCUT2D eigenvalue weighted by atomic mass is 16.5. The Morgan fingerprint density at radius 2 is 2.16 bits per heavy atom. The quantitative estimate of drug-likeness (QED) is 0.763. The second-order valence-electron chi connectivity index (χ2n) is 5.07. The van der Waals surface area contributed by atoms with Crippen LogP contribution in [0.2, 0.25) is 0 Å². The molecule has 0 saturated carbocycles. The predicted molar refractivity (Wildman–Crippen MR) is 74.8 cm³/mol. The molecule has 1 atom stereocenters. The van der Waals surface area contributed by atoms with E-state index in [9.17, 15) is 4.79 Å². The summed E-state index contributed by atoms with van der Waals surface area (Å²) in [5, 5.41) is 4.54.